The highest BCUT2D eigenvalue weighted by molar-refractivity contribution is 7.98. The molecule has 0 saturated heterocycles. The Morgan fingerprint density at radius 1 is 1.20 bits per heavy atom. The van der Waals surface area contributed by atoms with E-state index >= 15 is 0 Å². The van der Waals surface area contributed by atoms with Gasteiger partial charge in [-0.1, -0.05) is 0 Å². The van der Waals surface area contributed by atoms with Crippen LogP contribution in [-0.2, 0) is 0 Å². The molecule has 1 amide bonds. The van der Waals surface area contributed by atoms with Crippen LogP contribution in [0.5, 0.6) is 5.75 Å². The number of halogens is 1. The second-order valence-corrected chi connectivity index (χ2v) is 4.91. The molecule has 104 valence electrons. The number of methoxy groups -OCH3 is 1. The number of hydrogen-bond donors (Lipinski definition) is 1. The largest absolute Gasteiger partial charge is 0.497 e. The van der Waals surface area contributed by atoms with Gasteiger partial charge in [-0.2, -0.15) is 0 Å². The first-order valence-corrected chi connectivity index (χ1v) is 7.15. The number of carbonyl (C=O) groups is 1. The predicted octanol–water partition coefficient (Wildman–Crippen LogP) is 3.81. The maximum absolute atomic E-state index is 13.8. The molecule has 2 aromatic rings. The predicted molar refractivity (Wildman–Crippen MR) is 79.1 cm³/mol. The Hall–Kier alpha value is -2.01. The normalized spacial score (nSPS) is 10.2. The smallest absolute Gasteiger partial charge is 0.258 e. The average Bonchev–Trinajstić information content (AvgIpc) is 2.47. The Balaban J connectivity index is 2.14. The topological polar surface area (TPSA) is 38.3 Å². The summed E-state index contributed by atoms with van der Waals surface area (Å²) in [5.41, 5.74) is 0.614. The van der Waals surface area contributed by atoms with Gasteiger partial charge in [0.25, 0.3) is 5.91 Å². The molecular formula is C15H14FNO2S. The second-order valence-electron chi connectivity index (χ2n) is 4.03. The van der Waals surface area contributed by atoms with Crippen molar-refractivity contribution in [1.29, 1.82) is 0 Å². The van der Waals surface area contributed by atoms with Crippen LogP contribution in [0, 0.1) is 5.82 Å². The van der Waals surface area contributed by atoms with Crippen molar-refractivity contribution in [1.82, 2.24) is 0 Å². The summed E-state index contributed by atoms with van der Waals surface area (Å²) < 4.78 is 18.7. The maximum Gasteiger partial charge on any atom is 0.258 e. The van der Waals surface area contributed by atoms with Gasteiger partial charge in [-0.25, -0.2) is 4.39 Å². The Bertz CT molecular complexity index is 614. The van der Waals surface area contributed by atoms with Crippen LogP contribution < -0.4 is 10.1 Å². The van der Waals surface area contributed by atoms with Crippen LogP contribution in [0.3, 0.4) is 0 Å². The molecule has 3 nitrogen and oxygen atoms in total. The number of amides is 1. The molecule has 0 saturated carbocycles. The van der Waals surface area contributed by atoms with Gasteiger partial charge in [0.2, 0.25) is 0 Å². The van der Waals surface area contributed by atoms with E-state index in [9.17, 15) is 9.18 Å². The molecule has 0 atom stereocenters. The van der Waals surface area contributed by atoms with E-state index < -0.39 is 11.7 Å². The second kappa shape index (κ2) is 6.43. The highest BCUT2D eigenvalue weighted by Crippen LogP contribution is 2.20. The molecule has 20 heavy (non-hydrogen) atoms. The van der Waals surface area contributed by atoms with Gasteiger partial charge in [-0.15, -0.1) is 11.8 Å². The average molecular weight is 291 g/mol. The zero-order valence-corrected chi connectivity index (χ0v) is 12.0. The van der Waals surface area contributed by atoms with E-state index in [1.54, 1.807) is 30.0 Å². The van der Waals surface area contributed by atoms with Crippen LogP contribution in [0.4, 0.5) is 10.1 Å². The van der Waals surface area contributed by atoms with Crippen molar-refractivity contribution in [3.63, 3.8) is 0 Å². The number of hydrogen-bond acceptors (Lipinski definition) is 3. The fourth-order valence-corrected chi connectivity index (χ4v) is 2.09. The molecule has 1 N–H and O–H groups in total. The van der Waals surface area contributed by atoms with Crippen molar-refractivity contribution < 1.29 is 13.9 Å². The van der Waals surface area contributed by atoms with Gasteiger partial charge in [0.15, 0.2) is 0 Å². The van der Waals surface area contributed by atoms with Gasteiger partial charge >= 0.3 is 0 Å². The van der Waals surface area contributed by atoms with Crippen LogP contribution >= 0.6 is 11.8 Å². The summed E-state index contributed by atoms with van der Waals surface area (Å²) in [6, 6.07) is 11.5. The van der Waals surface area contributed by atoms with Crippen LogP contribution in [-0.4, -0.2) is 19.3 Å². The van der Waals surface area contributed by atoms with Crippen LogP contribution in [0.15, 0.2) is 47.4 Å². The molecule has 0 fully saturated rings. The van der Waals surface area contributed by atoms with E-state index in [1.165, 1.54) is 19.2 Å². The van der Waals surface area contributed by atoms with E-state index in [0.717, 1.165) is 4.90 Å². The SMILES string of the molecule is COc1ccc(C(=O)Nc2ccc(SC)cc2)c(F)c1. The lowest BCUT2D eigenvalue weighted by molar-refractivity contribution is 0.102. The summed E-state index contributed by atoms with van der Waals surface area (Å²) in [5.74, 6) is -0.715. The van der Waals surface area contributed by atoms with Crippen molar-refractivity contribution in [2.24, 2.45) is 0 Å². The number of carbonyl (C=O) groups excluding carboxylic acids is 1. The molecular weight excluding hydrogens is 277 g/mol. The first-order valence-electron chi connectivity index (χ1n) is 5.93. The van der Waals surface area contributed by atoms with Gasteiger partial charge in [0.1, 0.15) is 11.6 Å². The first-order chi connectivity index (χ1) is 9.63. The zero-order valence-electron chi connectivity index (χ0n) is 11.1. The summed E-state index contributed by atoms with van der Waals surface area (Å²) in [4.78, 5) is 13.1. The van der Waals surface area contributed by atoms with Crippen LogP contribution in [0.25, 0.3) is 0 Å². The van der Waals surface area contributed by atoms with Crippen LogP contribution in [0.2, 0.25) is 0 Å². The molecule has 0 radical (unpaired) electrons. The van der Waals surface area contributed by atoms with Gasteiger partial charge in [0, 0.05) is 16.6 Å². The molecule has 2 rings (SSSR count). The Morgan fingerprint density at radius 2 is 1.90 bits per heavy atom. The van der Waals surface area contributed by atoms with E-state index in [2.05, 4.69) is 5.32 Å². The fourth-order valence-electron chi connectivity index (χ4n) is 1.68. The standard InChI is InChI=1S/C15H14FNO2S/c1-19-11-5-8-13(14(16)9-11)15(18)17-10-3-6-12(20-2)7-4-10/h3-9H,1-2H3,(H,17,18). The van der Waals surface area contributed by atoms with Crippen molar-refractivity contribution in [2.45, 2.75) is 4.90 Å². The Morgan fingerprint density at radius 3 is 2.45 bits per heavy atom. The van der Waals surface area contributed by atoms with Gasteiger partial charge in [0.05, 0.1) is 12.7 Å². The summed E-state index contributed by atoms with van der Waals surface area (Å²) in [7, 11) is 1.45. The minimum absolute atomic E-state index is 0.0141. The molecule has 0 heterocycles. The third-order valence-electron chi connectivity index (χ3n) is 2.77. The van der Waals surface area contributed by atoms with Crippen molar-refractivity contribution >= 4 is 23.4 Å². The third kappa shape index (κ3) is 3.30. The van der Waals surface area contributed by atoms with E-state index in [4.69, 9.17) is 4.74 Å². The van der Waals surface area contributed by atoms with Gasteiger partial charge in [-0.05, 0) is 42.7 Å². The molecule has 0 aromatic heterocycles. The van der Waals surface area contributed by atoms with Crippen molar-refractivity contribution in [3.05, 3.63) is 53.8 Å². The molecule has 0 bridgehead atoms. The summed E-state index contributed by atoms with van der Waals surface area (Å²) >= 11 is 1.61. The van der Waals surface area contributed by atoms with E-state index in [0.29, 0.717) is 11.4 Å². The molecule has 0 spiro atoms. The van der Waals surface area contributed by atoms with E-state index in [1.807, 2.05) is 18.4 Å². The summed E-state index contributed by atoms with van der Waals surface area (Å²) in [6.45, 7) is 0. The lowest BCUT2D eigenvalue weighted by Gasteiger charge is -2.08. The number of nitrogens with one attached hydrogen (secondary N) is 1. The highest BCUT2D eigenvalue weighted by atomic mass is 32.2. The van der Waals surface area contributed by atoms with Gasteiger partial charge in [-0.3, -0.25) is 4.79 Å². The number of anilines is 1. The van der Waals surface area contributed by atoms with Gasteiger partial charge < -0.3 is 10.1 Å². The molecule has 5 heteroatoms. The minimum atomic E-state index is -0.609. The van der Waals surface area contributed by atoms with Crippen molar-refractivity contribution in [2.75, 3.05) is 18.7 Å². The Labute approximate surface area is 121 Å². The summed E-state index contributed by atoms with van der Waals surface area (Å²) in [5, 5.41) is 2.66. The number of benzene rings is 2. The monoisotopic (exact) mass is 291 g/mol. The van der Waals surface area contributed by atoms with E-state index in [-0.39, 0.29) is 5.56 Å². The highest BCUT2D eigenvalue weighted by Gasteiger charge is 2.12. The number of ether oxygens (including phenoxy) is 1. The molecule has 0 aliphatic carbocycles. The summed E-state index contributed by atoms with van der Waals surface area (Å²) in [6.07, 6.45) is 1.97. The first kappa shape index (κ1) is 14.4. The zero-order chi connectivity index (χ0) is 14.5. The maximum atomic E-state index is 13.8. The number of rotatable bonds is 4. The molecule has 0 aliphatic heterocycles. The molecule has 2 aromatic carbocycles. The number of thioether (sulfide) groups is 1. The minimum Gasteiger partial charge on any atom is -0.497 e. The lowest BCUT2D eigenvalue weighted by Crippen LogP contribution is -2.13. The fraction of sp³-hybridized carbons (Fsp3) is 0.133. The Kier molecular flexibility index (Phi) is 4.63. The quantitative estimate of drug-likeness (QED) is 0.871. The lowest BCUT2D eigenvalue weighted by atomic mass is 10.2. The van der Waals surface area contributed by atoms with Crippen LogP contribution in [0.1, 0.15) is 10.4 Å². The molecule has 0 aliphatic rings. The third-order valence-corrected chi connectivity index (χ3v) is 3.51. The van der Waals surface area contributed by atoms with Crippen molar-refractivity contribution in [3.8, 4) is 5.75 Å². The molecule has 0 unspecified atom stereocenters.